The summed E-state index contributed by atoms with van der Waals surface area (Å²) in [4.78, 5) is 4.39. The number of nitrogen functional groups attached to an aromatic ring is 2. The molecule has 5 N–H and O–H groups in total. The summed E-state index contributed by atoms with van der Waals surface area (Å²) in [5, 5.41) is 8.89. The number of rotatable bonds is 9. The summed E-state index contributed by atoms with van der Waals surface area (Å²) in [5.74, 6) is 0. The molecule has 6 heteroatoms. The van der Waals surface area contributed by atoms with Crippen molar-refractivity contribution in [1.82, 2.24) is 0 Å². The van der Waals surface area contributed by atoms with Crippen LogP contribution in [0.3, 0.4) is 0 Å². The fraction of sp³-hybridized carbons (Fsp3) is 0.478. The molecule has 0 amide bonds. The molecule has 2 aromatic carbocycles. The summed E-state index contributed by atoms with van der Waals surface area (Å²) in [6, 6.07) is 12.1. The summed E-state index contributed by atoms with van der Waals surface area (Å²) in [6.45, 7) is 12.6. The quantitative estimate of drug-likeness (QED) is 0.557. The maximum Gasteiger partial charge on any atom is 0.0637 e. The van der Waals surface area contributed by atoms with Crippen LogP contribution in [0.1, 0.15) is 25.0 Å². The minimum atomic E-state index is 0.178. The lowest BCUT2D eigenvalue weighted by atomic mass is 10.1. The second-order valence-electron chi connectivity index (χ2n) is 6.96. The molecule has 0 spiro atoms. The highest BCUT2D eigenvalue weighted by Gasteiger charge is 2.05. The molecule has 0 aromatic heterocycles. The lowest BCUT2D eigenvalue weighted by molar-refractivity contribution is 0.205. The van der Waals surface area contributed by atoms with Gasteiger partial charge in [-0.15, -0.1) is 0 Å². The van der Waals surface area contributed by atoms with E-state index >= 15 is 0 Å². The summed E-state index contributed by atoms with van der Waals surface area (Å²) in [5.41, 5.74) is 17.7. The van der Waals surface area contributed by atoms with E-state index in [2.05, 4.69) is 41.8 Å². The van der Waals surface area contributed by atoms with Crippen molar-refractivity contribution < 1.29 is 9.84 Å². The fourth-order valence-corrected chi connectivity index (χ4v) is 2.97. The van der Waals surface area contributed by atoms with E-state index in [0.717, 1.165) is 54.4 Å². The molecule has 0 radical (unpaired) electrons. The average Bonchev–Trinajstić information content (AvgIpc) is 2.72. The van der Waals surface area contributed by atoms with Crippen molar-refractivity contribution in [3.8, 4) is 0 Å². The second-order valence-corrected chi connectivity index (χ2v) is 6.96. The van der Waals surface area contributed by atoms with Crippen LogP contribution in [0, 0.1) is 13.8 Å². The third kappa shape index (κ3) is 7.83. The van der Waals surface area contributed by atoms with Gasteiger partial charge in [-0.3, -0.25) is 0 Å². The van der Waals surface area contributed by atoms with Crippen LogP contribution < -0.4 is 21.3 Å². The molecule has 0 saturated heterocycles. The molecule has 0 atom stereocenters. The lowest BCUT2D eigenvalue weighted by Gasteiger charge is -2.23. The summed E-state index contributed by atoms with van der Waals surface area (Å²) < 4.78 is 5.08. The van der Waals surface area contributed by atoms with Gasteiger partial charge in [0.25, 0.3) is 0 Å². The first kappa shape index (κ1) is 24.6. The van der Waals surface area contributed by atoms with E-state index in [4.69, 9.17) is 21.3 Å². The number of nitrogens with zero attached hydrogens (tertiary/aromatic N) is 2. The Morgan fingerprint density at radius 2 is 1.28 bits per heavy atom. The highest BCUT2D eigenvalue weighted by molar-refractivity contribution is 5.58. The number of hydrogen-bond acceptors (Lipinski definition) is 6. The van der Waals surface area contributed by atoms with Crippen molar-refractivity contribution in [1.29, 1.82) is 0 Å². The van der Waals surface area contributed by atoms with Crippen LogP contribution in [0.4, 0.5) is 22.7 Å². The maximum absolute atomic E-state index is 8.89. The molecular formula is C23H38N4O2. The largest absolute Gasteiger partial charge is 0.399 e. The number of ether oxygens (including phenoxy) is 1. The molecule has 0 bridgehead atoms. The minimum Gasteiger partial charge on any atom is -0.399 e. The molecule has 0 heterocycles. The van der Waals surface area contributed by atoms with Gasteiger partial charge in [0.2, 0.25) is 0 Å². The first-order valence-electron chi connectivity index (χ1n) is 10.2. The second kappa shape index (κ2) is 12.9. The molecular weight excluding hydrogens is 364 g/mol. The zero-order valence-electron chi connectivity index (χ0n) is 18.6. The molecule has 0 saturated carbocycles. The highest BCUT2D eigenvalue weighted by atomic mass is 16.5. The molecule has 0 aliphatic rings. The SMILES string of the molecule is CCN(CCO)c1ccc(N)c(C)c1.CCN(CCOC)c1ccc(N)c(C)c1. The lowest BCUT2D eigenvalue weighted by Crippen LogP contribution is -2.26. The van der Waals surface area contributed by atoms with Crippen molar-refractivity contribution in [3.05, 3.63) is 47.5 Å². The molecule has 2 rings (SSSR count). The number of likely N-dealkylation sites (N-methyl/N-ethyl adjacent to an activating group) is 2. The monoisotopic (exact) mass is 402 g/mol. The van der Waals surface area contributed by atoms with Gasteiger partial charge in [-0.1, -0.05) is 0 Å². The Morgan fingerprint density at radius 1 is 0.828 bits per heavy atom. The fourth-order valence-electron chi connectivity index (χ4n) is 2.97. The summed E-state index contributed by atoms with van der Waals surface area (Å²) in [7, 11) is 1.72. The molecule has 0 aliphatic heterocycles. The van der Waals surface area contributed by atoms with Gasteiger partial charge < -0.3 is 31.1 Å². The third-order valence-electron chi connectivity index (χ3n) is 4.94. The summed E-state index contributed by atoms with van der Waals surface area (Å²) in [6.07, 6.45) is 0. The van der Waals surface area contributed by atoms with Crippen molar-refractivity contribution in [2.75, 3.05) is 67.8 Å². The minimum absolute atomic E-state index is 0.178. The van der Waals surface area contributed by atoms with Crippen LogP contribution in [-0.2, 0) is 4.74 Å². The van der Waals surface area contributed by atoms with Gasteiger partial charge >= 0.3 is 0 Å². The Hall–Kier alpha value is -2.44. The van der Waals surface area contributed by atoms with Crippen LogP contribution in [0.2, 0.25) is 0 Å². The summed E-state index contributed by atoms with van der Waals surface area (Å²) >= 11 is 0. The van der Waals surface area contributed by atoms with E-state index < -0.39 is 0 Å². The van der Waals surface area contributed by atoms with E-state index in [1.807, 2.05) is 32.0 Å². The van der Waals surface area contributed by atoms with Crippen LogP contribution in [-0.4, -0.2) is 51.6 Å². The molecule has 162 valence electrons. The normalized spacial score (nSPS) is 10.3. The zero-order valence-corrected chi connectivity index (χ0v) is 18.6. The van der Waals surface area contributed by atoms with Gasteiger partial charge in [-0.05, 0) is 75.2 Å². The van der Waals surface area contributed by atoms with Crippen LogP contribution in [0.15, 0.2) is 36.4 Å². The number of methoxy groups -OCH3 is 1. The highest BCUT2D eigenvalue weighted by Crippen LogP contribution is 2.21. The van der Waals surface area contributed by atoms with Gasteiger partial charge in [0.1, 0.15) is 0 Å². The van der Waals surface area contributed by atoms with E-state index in [0.29, 0.717) is 6.54 Å². The van der Waals surface area contributed by atoms with Crippen LogP contribution >= 0.6 is 0 Å². The van der Waals surface area contributed by atoms with Crippen LogP contribution in [0.5, 0.6) is 0 Å². The first-order chi connectivity index (χ1) is 13.9. The van der Waals surface area contributed by atoms with Gasteiger partial charge in [-0.25, -0.2) is 0 Å². The van der Waals surface area contributed by atoms with E-state index in [1.54, 1.807) is 7.11 Å². The number of aliphatic hydroxyl groups excluding tert-OH is 1. The molecule has 6 nitrogen and oxygen atoms in total. The van der Waals surface area contributed by atoms with E-state index in [9.17, 15) is 0 Å². The smallest absolute Gasteiger partial charge is 0.0637 e. The number of anilines is 4. The third-order valence-corrected chi connectivity index (χ3v) is 4.94. The van der Waals surface area contributed by atoms with E-state index in [1.165, 1.54) is 5.69 Å². The molecule has 2 aromatic rings. The maximum atomic E-state index is 8.89. The van der Waals surface area contributed by atoms with E-state index in [-0.39, 0.29) is 6.61 Å². The number of aryl methyl sites for hydroxylation is 2. The Balaban J connectivity index is 0.000000291. The standard InChI is InChI=1S/C12H20N2O.C11H18N2O/c1-4-14(7-8-15-3)11-5-6-12(13)10(2)9-11;1-3-13(6-7-14)10-4-5-11(12)9(2)8-10/h5-6,9H,4,7-8,13H2,1-3H3;4-5,8,14H,3,6-7,12H2,1-2H3. The first-order valence-corrected chi connectivity index (χ1v) is 10.2. The molecule has 0 unspecified atom stereocenters. The Kier molecular flexibility index (Phi) is 10.9. The van der Waals surface area contributed by atoms with Gasteiger partial charge in [-0.2, -0.15) is 0 Å². The van der Waals surface area contributed by atoms with Crippen molar-refractivity contribution in [3.63, 3.8) is 0 Å². The zero-order chi connectivity index (χ0) is 21.8. The Bertz CT molecular complexity index is 737. The molecule has 29 heavy (non-hydrogen) atoms. The predicted molar refractivity (Wildman–Crippen MR) is 126 cm³/mol. The van der Waals surface area contributed by atoms with Gasteiger partial charge in [0.05, 0.1) is 13.2 Å². The predicted octanol–water partition coefficient (Wildman–Crippen LogP) is 3.45. The van der Waals surface area contributed by atoms with Crippen LogP contribution in [0.25, 0.3) is 0 Å². The average molecular weight is 403 g/mol. The van der Waals surface area contributed by atoms with Gasteiger partial charge in [0.15, 0.2) is 0 Å². The van der Waals surface area contributed by atoms with Crippen molar-refractivity contribution in [2.24, 2.45) is 0 Å². The number of aliphatic hydroxyl groups is 1. The van der Waals surface area contributed by atoms with Gasteiger partial charge in [0, 0.05) is 56.0 Å². The molecule has 0 aliphatic carbocycles. The van der Waals surface area contributed by atoms with Crippen molar-refractivity contribution >= 4 is 22.7 Å². The Morgan fingerprint density at radius 3 is 1.62 bits per heavy atom. The molecule has 0 fully saturated rings. The number of nitrogens with two attached hydrogens (primary N) is 2. The number of hydrogen-bond donors (Lipinski definition) is 3. The topological polar surface area (TPSA) is 88.0 Å². The number of benzene rings is 2. The Labute approximate surface area is 176 Å². The van der Waals surface area contributed by atoms with Crippen molar-refractivity contribution in [2.45, 2.75) is 27.7 Å².